The fourth-order valence-electron chi connectivity index (χ4n) is 2.82. The molecule has 0 unspecified atom stereocenters. The molecule has 1 N–H and O–H groups in total. The zero-order chi connectivity index (χ0) is 13.9. The molecule has 0 amide bonds. The second-order valence-corrected chi connectivity index (χ2v) is 5.55. The summed E-state index contributed by atoms with van der Waals surface area (Å²) in [7, 11) is 0. The van der Waals surface area contributed by atoms with Crippen molar-refractivity contribution in [1.82, 2.24) is 25.0 Å². The summed E-state index contributed by atoms with van der Waals surface area (Å²) >= 11 is 0. The van der Waals surface area contributed by atoms with Gasteiger partial charge in [-0.25, -0.2) is 9.67 Å². The van der Waals surface area contributed by atoms with Gasteiger partial charge in [-0.15, -0.1) is 0 Å². The van der Waals surface area contributed by atoms with Crippen LogP contribution in [0.4, 0.5) is 0 Å². The average Bonchev–Trinajstić information content (AvgIpc) is 2.92. The van der Waals surface area contributed by atoms with E-state index in [-0.39, 0.29) is 0 Å². The molecule has 1 aromatic carbocycles. The van der Waals surface area contributed by atoms with Gasteiger partial charge < -0.3 is 5.32 Å². The van der Waals surface area contributed by atoms with Crippen LogP contribution in [-0.4, -0.2) is 45.3 Å². The summed E-state index contributed by atoms with van der Waals surface area (Å²) in [6.07, 6.45) is 3.30. The Bertz CT molecular complexity index is 564. The van der Waals surface area contributed by atoms with Gasteiger partial charge in [0.05, 0.1) is 5.69 Å². The first kappa shape index (κ1) is 13.3. The van der Waals surface area contributed by atoms with Crippen molar-refractivity contribution in [3.8, 4) is 5.69 Å². The SMILES string of the molecule is Cc1cc(CN2CCN[C@@H](C)C2)ccc1-n1cncn1. The van der Waals surface area contributed by atoms with Crippen molar-refractivity contribution in [3.63, 3.8) is 0 Å². The number of nitrogens with one attached hydrogen (secondary N) is 1. The lowest BCUT2D eigenvalue weighted by atomic mass is 10.1. The van der Waals surface area contributed by atoms with Crippen LogP contribution in [0.15, 0.2) is 30.9 Å². The molecule has 0 spiro atoms. The molecule has 2 heterocycles. The van der Waals surface area contributed by atoms with Crippen molar-refractivity contribution in [3.05, 3.63) is 42.0 Å². The maximum Gasteiger partial charge on any atom is 0.138 e. The summed E-state index contributed by atoms with van der Waals surface area (Å²) in [4.78, 5) is 6.51. The van der Waals surface area contributed by atoms with E-state index in [9.17, 15) is 0 Å². The Labute approximate surface area is 119 Å². The molecule has 1 aromatic heterocycles. The van der Waals surface area contributed by atoms with Crippen molar-refractivity contribution >= 4 is 0 Å². The summed E-state index contributed by atoms with van der Waals surface area (Å²) in [5.41, 5.74) is 3.69. The Morgan fingerprint density at radius 2 is 2.30 bits per heavy atom. The van der Waals surface area contributed by atoms with Crippen LogP contribution < -0.4 is 5.32 Å². The molecule has 1 aliphatic heterocycles. The quantitative estimate of drug-likeness (QED) is 0.916. The molecule has 1 saturated heterocycles. The topological polar surface area (TPSA) is 46.0 Å². The van der Waals surface area contributed by atoms with Gasteiger partial charge in [-0.3, -0.25) is 4.90 Å². The smallest absolute Gasteiger partial charge is 0.138 e. The lowest BCUT2D eigenvalue weighted by Crippen LogP contribution is -2.48. The average molecular weight is 271 g/mol. The summed E-state index contributed by atoms with van der Waals surface area (Å²) in [5, 5.41) is 7.67. The highest BCUT2D eigenvalue weighted by Gasteiger charge is 2.15. The number of hydrogen-bond donors (Lipinski definition) is 1. The van der Waals surface area contributed by atoms with Gasteiger partial charge in [0, 0.05) is 32.2 Å². The maximum absolute atomic E-state index is 4.19. The first-order chi connectivity index (χ1) is 9.72. The third-order valence-corrected chi connectivity index (χ3v) is 3.79. The minimum Gasteiger partial charge on any atom is -0.312 e. The van der Waals surface area contributed by atoms with E-state index in [0.717, 1.165) is 31.9 Å². The lowest BCUT2D eigenvalue weighted by molar-refractivity contribution is 0.199. The standard InChI is InChI=1S/C15H21N5/c1-12-7-14(9-19-6-5-17-13(2)8-19)3-4-15(12)20-11-16-10-18-20/h3-4,7,10-11,13,17H,5-6,8-9H2,1-2H3/t13-/m0/s1. The van der Waals surface area contributed by atoms with Crippen molar-refractivity contribution in [2.75, 3.05) is 19.6 Å². The predicted octanol–water partition coefficient (Wildman–Crippen LogP) is 1.37. The number of benzene rings is 1. The van der Waals surface area contributed by atoms with E-state index >= 15 is 0 Å². The van der Waals surface area contributed by atoms with Crippen LogP contribution in [-0.2, 0) is 6.54 Å². The Morgan fingerprint density at radius 1 is 1.40 bits per heavy atom. The molecule has 1 fully saturated rings. The van der Waals surface area contributed by atoms with Crippen LogP contribution in [0.3, 0.4) is 0 Å². The molecule has 1 aliphatic rings. The number of piperazine rings is 1. The monoisotopic (exact) mass is 271 g/mol. The van der Waals surface area contributed by atoms with Gasteiger partial charge in [-0.2, -0.15) is 5.10 Å². The molecular formula is C15H21N5. The second kappa shape index (κ2) is 5.73. The first-order valence-corrected chi connectivity index (χ1v) is 7.12. The third-order valence-electron chi connectivity index (χ3n) is 3.79. The van der Waals surface area contributed by atoms with E-state index in [2.05, 4.69) is 52.3 Å². The fourth-order valence-corrected chi connectivity index (χ4v) is 2.82. The zero-order valence-corrected chi connectivity index (χ0v) is 12.1. The van der Waals surface area contributed by atoms with Crippen molar-refractivity contribution in [2.24, 2.45) is 0 Å². The summed E-state index contributed by atoms with van der Waals surface area (Å²) in [6, 6.07) is 7.16. The third kappa shape index (κ3) is 2.89. The van der Waals surface area contributed by atoms with Gasteiger partial charge in [-0.05, 0) is 31.0 Å². The van der Waals surface area contributed by atoms with E-state index < -0.39 is 0 Å². The van der Waals surface area contributed by atoms with Crippen LogP contribution >= 0.6 is 0 Å². The fraction of sp³-hybridized carbons (Fsp3) is 0.467. The number of rotatable bonds is 3. The maximum atomic E-state index is 4.19. The molecular weight excluding hydrogens is 250 g/mol. The summed E-state index contributed by atoms with van der Waals surface area (Å²) in [6.45, 7) is 8.70. The Kier molecular flexibility index (Phi) is 3.80. The van der Waals surface area contributed by atoms with Gasteiger partial charge in [0.1, 0.15) is 12.7 Å². The highest BCUT2D eigenvalue weighted by Crippen LogP contribution is 2.16. The normalized spacial score (nSPS) is 20.2. The summed E-state index contributed by atoms with van der Waals surface area (Å²) in [5.74, 6) is 0. The lowest BCUT2D eigenvalue weighted by Gasteiger charge is -2.31. The van der Waals surface area contributed by atoms with Crippen LogP contribution in [0, 0.1) is 6.92 Å². The van der Waals surface area contributed by atoms with Crippen molar-refractivity contribution in [1.29, 1.82) is 0 Å². The molecule has 1 atom stereocenters. The molecule has 106 valence electrons. The van der Waals surface area contributed by atoms with E-state index in [0.29, 0.717) is 6.04 Å². The number of aryl methyl sites for hydroxylation is 1. The van der Waals surface area contributed by atoms with Gasteiger partial charge in [0.25, 0.3) is 0 Å². The molecule has 2 aromatic rings. The molecule has 0 radical (unpaired) electrons. The number of hydrogen-bond acceptors (Lipinski definition) is 4. The molecule has 3 rings (SSSR count). The van der Waals surface area contributed by atoms with E-state index in [1.54, 1.807) is 12.7 Å². The van der Waals surface area contributed by atoms with Crippen LogP contribution in [0.5, 0.6) is 0 Å². The summed E-state index contributed by atoms with van der Waals surface area (Å²) < 4.78 is 1.81. The second-order valence-electron chi connectivity index (χ2n) is 5.55. The Morgan fingerprint density at radius 3 is 3.00 bits per heavy atom. The van der Waals surface area contributed by atoms with Crippen LogP contribution in [0.2, 0.25) is 0 Å². The van der Waals surface area contributed by atoms with Crippen molar-refractivity contribution < 1.29 is 0 Å². The molecule has 5 nitrogen and oxygen atoms in total. The Hall–Kier alpha value is -1.72. The molecule has 5 heteroatoms. The molecule has 0 bridgehead atoms. The van der Waals surface area contributed by atoms with Crippen LogP contribution in [0.25, 0.3) is 5.69 Å². The van der Waals surface area contributed by atoms with Gasteiger partial charge in [0.2, 0.25) is 0 Å². The van der Waals surface area contributed by atoms with Gasteiger partial charge in [0.15, 0.2) is 0 Å². The van der Waals surface area contributed by atoms with Crippen molar-refractivity contribution in [2.45, 2.75) is 26.4 Å². The van der Waals surface area contributed by atoms with E-state index in [4.69, 9.17) is 0 Å². The van der Waals surface area contributed by atoms with E-state index in [1.165, 1.54) is 11.1 Å². The highest BCUT2D eigenvalue weighted by atomic mass is 15.3. The van der Waals surface area contributed by atoms with E-state index in [1.807, 2.05) is 4.68 Å². The minimum absolute atomic E-state index is 0.583. The van der Waals surface area contributed by atoms with Gasteiger partial charge in [-0.1, -0.05) is 12.1 Å². The molecule has 0 saturated carbocycles. The predicted molar refractivity (Wildman–Crippen MR) is 78.8 cm³/mol. The Balaban J connectivity index is 1.74. The zero-order valence-electron chi connectivity index (χ0n) is 12.1. The highest BCUT2D eigenvalue weighted by molar-refractivity contribution is 5.41. The largest absolute Gasteiger partial charge is 0.312 e. The molecule has 20 heavy (non-hydrogen) atoms. The first-order valence-electron chi connectivity index (χ1n) is 7.12. The van der Waals surface area contributed by atoms with Gasteiger partial charge >= 0.3 is 0 Å². The molecule has 0 aliphatic carbocycles. The van der Waals surface area contributed by atoms with Crippen LogP contribution in [0.1, 0.15) is 18.1 Å². The number of aromatic nitrogens is 3. The minimum atomic E-state index is 0.583. The number of nitrogens with zero attached hydrogens (tertiary/aromatic N) is 4.